The highest BCUT2D eigenvalue weighted by atomic mass is 35.5. The van der Waals surface area contributed by atoms with E-state index in [1.54, 1.807) is 6.20 Å². The predicted octanol–water partition coefficient (Wildman–Crippen LogP) is 0.884. The minimum Gasteiger partial charge on any atom is -0.329 e. The first kappa shape index (κ1) is 14.2. The molecular formula is C7H13Cl2N3. The van der Waals surface area contributed by atoms with Crippen LogP contribution in [-0.4, -0.2) is 11.5 Å². The van der Waals surface area contributed by atoms with Crippen LogP contribution < -0.4 is 11.5 Å². The summed E-state index contributed by atoms with van der Waals surface area (Å²) in [6.45, 7) is 0.441. The summed E-state index contributed by atoms with van der Waals surface area (Å²) < 4.78 is 0. The molecule has 70 valence electrons. The third-order valence-corrected chi connectivity index (χ3v) is 1.32. The van der Waals surface area contributed by atoms with Gasteiger partial charge in [-0.15, -0.1) is 24.8 Å². The molecule has 1 atom stereocenters. The van der Waals surface area contributed by atoms with Crippen molar-refractivity contribution in [1.82, 2.24) is 4.98 Å². The van der Waals surface area contributed by atoms with Gasteiger partial charge in [0.15, 0.2) is 0 Å². The van der Waals surface area contributed by atoms with Gasteiger partial charge in [-0.05, 0) is 12.1 Å². The number of hydrogen-bond donors (Lipinski definition) is 2. The van der Waals surface area contributed by atoms with E-state index in [4.69, 9.17) is 11.5 Å². The maximum absolute atomic E-state index is 5.61. The Morgan fingerprint density at radius 1 is 1.33 bits per heavy atom. The second-order valence-electron chi connectivity index (χ2n) is 2.10. The molecule has 1 aromatic rings. The molecule has 0 saturated heterocycles. The van der Waals surface area contributed by atoms with Gasteiger partial charge < -0.3 is 11.5 Å². The van der Waals surface area contributed by atoms with Crippen LogP contribution in [0.5, 0.6) is 0 Å². The first-order chi connectivity index (χ1) is 4.84. The summed E-state index contributed by atoms with van der Waals surface area (Å²) in [7, 11) is 0. The van der Waals surface area contributed by atoms with Crippen LogP contribution in [0.2, 0.25) is 0 Å². The molecule has 0 bridgehead atoms. The Labute approximate surface area is 84.4 Å². The molecule has 5 heteroatoms. The molecule has 4 N–H and O–H groups in total. The number of pyridine rings is 1. The van der Waals surface area contributed by atoms with E-state index < -0.39 is 0 Å². The van der Waals surface area contributed by atoms with Gasteiger partial charge in [-0.25, -0.2) is 0 Å². The van der Waals surface area contributed by atoms with Crippen LogP contribution in [0.15, 0.2) is 24.4 Å². The van der Waals surface area contributed by atoms with Crippen LogP contribution >= 0.6 is 24.8 Å². The Morgan fingerprint density at radius 3 is 2.42 bits per heavy atom. The number of halogens is 2. The highest BCUT2D eigenvalue weighted by Gasteiger charge is 2.01. The van der Waals surface area contributed by atoms with Gasteiger partial charge in [0.25, 0.3) is 0 Å². The summed E-state index contributed by atoms with van der Waals surface area (Å²) in [4.78, 5) is 4.04. The number of rotatable bonds is 2. The van der Waals surface area contributed by atoms with Gasteiger partial charge in [0.05, 0.1) is 11.7 Å². The fourth-order valence-corrected chi connectivity index (χ4v) is 0.716. The van der Waals surface area contributed by atoms with Crippen molar-refractivity contribution in [3.8, 4) is 0 Å². The minimum absolute atomic E-state index is 0. The quantitative estimate of drug-likeness (QED) is 0.761. The largest absolute Gasteiger partial charge is 0.329 e. The second kappa shape index (κ2) is 7.31. The molecule has 1 unspecified atom stereocenters. The van der Waals surface area contributed by atoms with Crippen molar-refractivity contribution in [2.45, 2.75) is 6.04 Å². The van der Waals surface area contributed by atoms with Gasteiger partial charge in [0.1, 0.15) is 0 Å². The fraction of sp³-hybridized carbons (Fsp3) is 0.286. The Balaban J connectivity index is 0. The lowest BCUT2D eigenvalue weighted by Gasteiger charge is -2.05. The molecule has 1 heterocycles. The van der Waals surface area contributed by atoms with Gasteiger partial charge in [0, 0.05) is 12.7 Å². The summed E-state index contributed by atoms with van der Waals surface area (Å²) in [5.41, 5.74) is 11.8. The molecular weight excluding hydrogens is 197 g/mol. The Morgan fingerprint density at radius 2 is 2.00 bits per heavy atom. The van der Waals surface area contributed by atoms with Crippen molar-refractivity contribution >= 4 is 24.8 Å². The van der Waals surface area contributed by atoms with Crippen molar-refractivity contribution in [2.24, 2.45) is 11.5 Å². The number of nitrogens with zero attached hydrogens (tertiary/aromatic N) is 1. The van der Waals surface area contributed by atoms with E-state index in [0.717, 1.165) is 5.69 Å². The van der Waals surface area contributed by atoms with Crippen molar-refractivity contribution in [2.75, 3.05) is 6.54 Å². The first-order valence-corrected chi connectivity index (χ1v) is 3.21. The van der Waals surface area contributed by atoms with Gasteiger partial charge in [-0.1, -0.05) is 6.07 Å². The summed E-state index contributed by atoms with van der Waals surface area (Å²) in [5, 5.41) is 0. The summed E-state index contributed by atoms with van der Waals surface area (Å²) in [5.74, 6) is 0. The smallest absolute Gasteiger partial charge is 0.0594 e. The molecule has 0 saturated carbocycles. The molecule has 0 aliphatic rings. The van der Waals surface area contributed by atoms with Crippen LogP contribution in [0.3, 0.4) is 0 Å². The van der Waals surface area contributed by atoms with Crippen molar-refractivity contribution in [3.05, 3.63) is 30.1 Å². The van der Waals surface area contributed by atoms with E-state index in [1.807, 2.05) is 18.2 Å². The normalized spacial score (nSPS) is 10.8. The molecule has 0 aliphatic heterocycles. The molecule has 12 heavy (non-hydrogen) atoms. The van der Waals surface area contributed by atoms with Gasteiger partial charge in [-0.2, -0.15) is 0 Å². The predicted molar refractivity (Wildman–Crippen MR) is 54.7 cm³/mol. The molecule has 1 rings (SSSR count). The summed E-state index contributed by atoms with van der Waals surface area (Å²) >= 11 is 0. The zero-order valence-corrected chi connectivity index (χ0v) is 8.15. The molecule has 0 spiro atoms. The van der Waals surface area contributed by atoms with E-state index in [1.165, 1.54) is 0 Å². The van der Waals surface area contributed by atoms with E-state index in [0.29, 0.717) is 6.54 Å². The lowest BCUT2D eigenvalue weighted by molar-refractivity contribution is 0.711. The standard InChI is InChI=1S/C7H11N3.2ClH/c8-5-6(9)7-3-1-2-4-10-7;;/h1-4,6H,5,8-9H2;2*1H. The van der Waals surface area contributed by atoms with Crippen molar-refractivity contribution < 1.29 is 0 Å². The first-order valence-electron chi connectivity index (χ1n) is 3.21. The highest BCUT2D eigenvalue weighted by Crippen LogP contribution is 2.02. The van der Waals surface area contributed by atoms with Crippen LogP contribution in [0, 0.1) is 0 Å². The maximum Gasteiger partial charge on any atom is 0.0594 e. The van der Waals surface area contributed by atoms with Crippen LogP contribution in [0.4, 0.5) is 0 Å². The molecule has 3 nitrogen and oxygen atoms in total. The molecule has 0 amide bonds. The highest BCUT2D eigenvalue weighted by molar-refractivity contribution is 5.85. The van der Waals surface area contributed by atoms with Gasteiger partial charge >= 0.3 is 0 Å². The van der Waals surface area contributed by atoms with Crippen LogP contribution in [-0.2, 0) is 0 Å². The monoisotopic (exact) mass is 209 g/mol. The Bertz CT molecular complexity index is 193. The van der Waals surface area contributed by atoms with E-state index in [2.05, 4.69) is 4.98 Å². The third-order valence-electron chi connectivity index (χ3n) is 1.32. The average molecular weight is 210 g/mol. The van der Waals surface area contributed by atoms with Crippen molar-refractivity contribution in [3.63, 3.8) is 0 Å². The second-order valence-corrected chi connectivity index (χ2v) is 2.10. The zero-order chi connectivity index (χ0) is 7.40. The number of aromatic nitrogens is 1. The lowest BCUT2D eigenvalue weighted by Crippen LogP contribution is -2.21. The van der Waals surface area contributed by atoms with Crippen molar-refractivity contribution in [1.29, 1.82) is 0 Å². The van der Waals surface area contributed by atoms with E-state index in [9.17, 15) is 0 Å². The minimum atomic E-state index is -0.124. The molecule has 0 aromatic carbocycles. The van der Waals surface area contributed by atoms with Gasteiger partial charge in [-0.3, -0.25) is 4.98 Å². The van der Waals surface area contributed by atoms with Crippen LogP contribution in [0.1, 0.15) is 11.7 Å². The third kappa shape index (κ3) is 3.88. The summed E-state index contributed by atoms with van der Waals surface area (Å²) in [6, 6.07) is 5.50. The Hall–Kier alpha value is -0.350. The maximum atomic E-state index is 5.61. The van der Waals surface area contributed by atoms with E-state index in [-0.39, 0.29) is 30.9 Å². The average Bonchev–Trinajstić information content (AvgIpc) is 2.05. The zero-order valence-electron chi connectivity index (χ0n) is 6.51. The molecule has 0 radical (unpaired) electrons. The molecule has 0 aliphatic carbocycles. The SMILES string of the molecule is Cl.Cl.NCC(N)c1ccccn1. The summed E-state index contributed by atoms with van der Waals surface area (Å²) in [6.07, 6.45) is 1.71. The molecule has 0 fully saturated rings. The lowest BCUT2D eigenvalue weighted by atomic mass is 10.2. The van der Waals surface area contributed by atoms with Crippen LogP contribution in [0.25, 0.3) is 0 Å². The molecule has 1 aromatic heterocycles. The van der Waals surface area contributed by atoms with E-state index >= 15 is 0 Å². The van der Waals surface area contributed by atoms with Gasteiger partial charge in [0.2, 0.25) is 0 Å². The Kier molecular flexibility index (Phi) is 8.64. The number of nitrogens with two attached hydrogens (primary N) is 2. The topological polar surface area (TPSA) is 64.9 Å². The fourth-order valence-electron chi connectivity index (χ4n) is 0.716. The number of hydrogen-bond acceptors (Lipinski definition) is 3.